The van der Waals surface area contributed by atoms with Crippen LogP contribution in [0.5, 0.6) is 0 Å². The highest BCUT2D eigenvalue weighted by Gasteiger charge is 2.39. The van der Waals surface area contributed by atoms with Gasteiger partial charge in [0.2, 0.25) is 0 Å². The van der Waals surface area contributed by atoms with E-state index >= 15 is 0 Å². The lowest BCUT2D eigenvalue weighted by Crippen LogP contribution is -2.24. The smallest absolute Gasteiger partial charge is 0.335 e. The number of imidazole rings is 1. The Bertz CT molecular complexity index is 773. The first-order valence-corrected chi connectivity index (χ1v) is 7.57. The second kappa shape index (κ2) is 4.48. The maximum Gasteiger partial charge on any atom is 0.335 e. The number of nitrogens with one attached hydrogen (secondary N) is 1. The van der Waals surface area contributed by atoms with Crippen molar-refractivity contribution in [2.24, 2.45) is 17.8 Å². The van der Waals surface area contributed by atoms with Crippen molar-refractivity contribution in [2.75, 3.05) is 0 Å². The molecule has 2 saturated carbocycles. The predicted molar refractivity (Wildman–Crippen MR) is 78.5 cm³/mol. The summed E-state index contributed by atoms with van der Waals surface area (Å²) >= 11 is 0. The van der Waals surface area contributed by atoms with E-state index in [9.17, 15) is 9.59 Å². The average molecular weight is 286 g/mol. The van der Waals surface area contributed by atoms with Crippen molar-refractivity contribution in [2.45, 2.75) is 32.2 Å². The molecule has 0 saturated heterocycles. The van der Waals surface area contributed by atoms with Crippen molar-refractivity contribution < 1.29 is 9.90 Å². The minimum absolute atomic E-state index is 0.129. The van der Waals surface area contributed by atoms with E-state index in [-0.39, 0.29) is 11.3 Å². The lowest BCUT2D eigenvalue weighted by Gasteiger charge is -2.21. The second-order valence-electron chi connectivity index (χ2n) is 6.51. The Hall–Kier alpha value is -2.04. The highest BCUT2D eigenvalue weighted by atomic mass is 16.4. The molecule has 2 N–H and O–H groups in total. The zero-order valence-corrected chi connectivity index (χ0v) is 11.7. The van der Waals surface area contributed by atoms with Crippen LogP contribution >= 0.6 is 0 Å². The van der Waals surface area contributed by atoms with Gasteiger partial charge in [-0.1, -0.05) is 6.42 Å². The van der Waals surface area contributed by atoms with E-state index in [4.69, 9.17) is 5.11 Å². The maximum atomic E-state index is 12.2. The molecule has 2 fully saturated rings. The largest absolute Gasteiger partial charge is 0.478 e. The monoisotopic (exact) mass is 286 g/mol. The molecule has 3 atom stereocenters. The SMILES string of the molecule is O=C(O)c1ccc2[nH]c(=O)n(CC3CC4CCC3C4)c2c1. The van der Waals surface area contributed by atoms with Crippen molar-refractivity contribution in [1.29, 1.82) is 0 Å². The fourth-order valence-electron chi connectivity index (χ4n) is 4.30. The number of hydrogen-bond acceptors (Lipinski definition) is 2. The number of carboxylic acids is 1. The van der Waals surface area contributed by atoms with Crippen LogP contribution in [0.3, 0.4) is 0 Å². The predicted octanol–water partition coefficient (Wildman–Crippen LogP) is 2.46. The van der Waals surface area contributed by atoms with E-state index in [1.54, 1.807) is 16.7 Å². The Morgan fingerprint density at radius 3 is 2.86 bits per heavy atom. The number of aromatic nitrogens is 2. The summed E-state index contributed by atoms with van der Waals surface area (Å²) in [5, 5.41) is 9.11. The van der Waals surface area contributed by atoms with Gasteiger partial charge >= 0.3 is 11.7 Å². The quantitative estimate of drug-likeness (QED) is 0.910. The van der Waals surface area contributed by atoms with Crippen LogP contribution < -0.4 is 5.69 Å². The van der Waals surface area contributed by atoms with E-state index in [1.807, 2.05) is 0 Å². The van der Waals surface area contributed by atoms with Gasteiger partial charge in [-0.15, -0.1) is 0 Å². The van der Waals surface area contributed by atoms with Crippen LogP contribution in [0.25, 0.3) is 11.0 Å². The van der Waals surface area contributed by atoms with Crippen molar-refractivity contribution in [3.05, 3.63) is 34.2 Å². The third-order valence-electron chi connectivity index (χ3n) is 5.32. The zero-order chi connectivity index (χ0) is 14.6. The minimum atomic E-state index is -0.961. The molecule has 21 heavy (non-hydrogen) atoms. The van der Waals surface area contributed by atoms with Gasteiger partial charge in [0.05, 0.1) is 16.6 Å². The molecule has 0 spiro atoms. The van der Waals surface area contributed by atoms with Gasteiger partial charge in [0.1, 0.15) is 0 Å². The van der Waals surface area contributed by atoms with Crippen molar-refractivity contribution in [3.8, 4) is 0 Å². The highest BCUT2D eigenvalue weighted by molar-refractivity contribution is 5.92. The Labute approximate surface area is 121 Å². The van der Waals surface area contributed by atoms with E-state index in [0.717, 1.165) is 11.8 Å². The first-order valence-electron chi connectivity index (χ1n) is 7.57. The molecule has 2 aromatic rings. The van der Waals surface area contributed by atoms with E-state index < -0.39 is 5.97 Å². The molecular formula is C16H18N2O3. The normalized spacial score (nSPS) is 27.5. The number of H-pyrrole nitrogens is 1. The van der Waals surface area contributed by atoms with Gasteiger partial charge in [0.25, 0.3) is 0 Å². The third-order valence-corrected chi connectivity index (χ3v) is 5.32. The Kier molecular flexibility index (Phi) is 2.71. The zero-order valence-electron chi connectivity index (χ0n) is 11.7. The summed E-state index contributed by atoms with van der Waals surface area (Å²) in [7, 11) is 0. The highest BCUT2D eigenvalue weighted by Crippen LogP contribution is 2.48. The molecule has 1 aromatic heterocycles. The molecule has 0 radical (unpaired) electrons. The van der Waals surface area contributed by atoms with Gasteiger partial charge < -0.3 is 10.1 Å². The minimum Gasteiger partial charge on any atom is -0.478 e. The summed E-state index contributed by atoms with van der Waals surface area (Å²) in [5.41, 5.74) is 1.52. The fourth-order valence-corrected chi connectivity index (χ4v) is 4.30. The number of carbonyl (C=O) groups is 1. The van der Waals surface area contributed by atoms with Crippen LogP contribution in [0.2, 0.25) is 0 Å². The molecule has 1 aromatic carbocycles. The van der Waals surface area contributed by atoms with Crippen LogP contribution in [0, 0.1) is 17.8 Å². The summed E-state index contributed by atoms with van der Waals surface area (Å²) in [5.74, 6) is 1.19. The molecule has 1 heterocycles. The molecule has 2 aliphatic rings. The first-order chi connectivity index (χ1) is 10.1. The number of benzene rings is 1. The Morgan fingerprint density at radius 2 is 2.19 bits per heavy atom. The van der Waals surface area contributed by atoms with Gasteiger partial charge in [0.15, 0.2) is 0 Å². The standard InChI is InChI=1S/C16H18N2O3/c19-15(20)11-3-4-13-14(7-11)18(16(21)17-13)8-12-6-9-1-2-10(12)5-9/h3-4,7,9-10,12H,1-2,5-6,8H2,(H,17,21)(H,19,20). The summed E-state index contributed by atoms with van der Waals surface area (Å²) in [4.78, 5) is 26.1. The fraction of sp³-hybridized carbons (Fsp3) is 0.500. The molecule has 5 nitrogen and oxygen atoms in total. The topological polar surface area (TPSA) is 75.1 Å². The lowest BCUT2D eigenvalue weighted by atomic mass is 9.89. The van der Waals surface area contributed by atoms with Crippen molar-refractivity contribution in [3.63, 3.8) is 0 Å². The summed E-state index contributed by atoms with van der Waals surface area (Å²) in [6.07, 6.45) is 5.14. The van der Waals surface area contributed by atoms with Crippen LogP contribution in [0.4, 0.5) is 0 Å². The number of aromatic amines is 1. The molecule has 0 amide bonds. The van der Waals surface area contributed by atoms with Gasteiger partial charge in [-0.25, -0.2) is 9.59 Å². The number of carboxylic acid groups (broad SMARTS) is 1. The number of nitrogens with zero attached hydrogens (tertiary/aromatic N) is 1. The molecular weight excluding hydrogens is 268 g/mol. The van der Waals surface area contributed by atoms with Crippen LogP contribution in [-0.2, 0) is 6.54 Å². The van der Waals surface area contributed by atoms with Crippen LogP contribution in [0.15, 0.2) is 23.0 Å². The number of rotatable bonds is 3. The van der Waals surface area contributed by atoms with Crippen LogP contribution in [0.1, 0.15) is 36.0 Å². The molecule has 0 aliphatic heterocycles. The molecule has 110 valence electrons. The van der Waals surface area contributed by atoms with Gasteiger partial charge in [-0.2, -0.15) is 0 Å². The number of hydrogen-bond donors (Lipinski definition) is 2. The molecule has 4 rings (SSSR count). The third kappa shape index (κ3) is 1.99. The summed E-state index contributed by atoms with van der Waals surface area (Å²) in [6, 6.07) is 4.81. The van der Waals surface area contributed by atoms with Crippen molar-refractivity contribution >= 4 is 17.0 Å². The van der Waals surface area contributed by atoms with E-state index in [0.29, 0.717) is 23.5 Å². The average Bonchev–Trinajstić information content (AvgIpc) is 3.14. The number of aromatic carboxylic acids is 1. The molecule has 5 heteroatoms. The van der Waals surface area contributed by atoms with Crippen LogP contribution in [-0.4, -0.2) is 20.6 Å². The van der Waals surface area contributed by atoms with Gasteiger partial charge in [0, 0.05) is 6.54 Å². The first kappa shape index (κ1) is 12.7. The van der Waals surface area contributed by atoms with E-state index in [1.165, 1.54) is 31.7 Å². The summed E-state index contributed by atoms with van der Waals surface area (Å²) in [6.45, 7) is 0.711. The molecule has 2 bridgehead atoms. The second-order valence-corrected chi connectivity index (χ2v) is 6.51. The molecule has 3 unspecified atom stereocenters. The van der Waals surface area contributed by atoms with Gasteiger partial charge in [-0.05, 0) is 55.2 Å². The maximum absolute atomic E-state index is 12.2. The van der Waals surface area contributed by atoms with Gasteiger partial charge in [-0.3, -0.25) is 4.57 Å². The van der Waals surface area contributed by atoms with E-state index in [2.05, 4.69) is 4.98 Å². The lowest BCUT2D eigenvalue weighted by molar-refractivity contribution is 0.0697. The van der Waals surface area contributed by atoms with Crippen molar-refractivity contribution in [1.82, 2.24) is 9.55 Å². The Morgan fingerprint density at radius 1 is 1.33 bits per heavy atom. The molecule has 2 aliphatic carbocycles. The Balaban J connectivity index is 1.73. The number of fused-ring (bicyclic) bond motifs is 3. The summed E-state index contributed by atoms with van der Waals surface area (Å²) < 4.78 is 1.73.